The van der Waals surface area contributed by atoms with E-state index in [9.17, 15) is 4.79 Å². The third kappa shape index (κ3) is 5.03. The molecule has 0 amide bonds. The van der Waals surface area contributed by atoms with E-state index in [4.69, 9.17) is 0 Å². The van der Waals surface area contributed by atoms with Crippen LogP contribution in [-0.4, -0.2) is 5.78 Å². The largest absolute Gasteiger partial charge is 0.299 e. The molecule has 1 nitrogen and oxygen atoms in total. The Hall–Kier alpha value is -0.630. The fourth-order valence-electron chi connectivity index (χ4n) is 2.04. The van der Waals surface area contributed by atoms with Gasteiger partial charge >= 0.3 is 0 Å². The van der Waals surface area contributed by atoms with Gasteiger partial charge in [0.1, 0.15) is 5.78 Å². The van der Waals surface area contributed by atoms with E-state index in [0.717, 1.165) is 29.3 Å². The molecule has 0 aliphatic carbocycles. The minimum absolute atomic E-state index is 0.244. The summed E-state index contributed by atoms with van der Waals surface area (Å²) in [5.41, 5.74) is 1.11. The van der Waals surface area contributed by atoms with Gasteiger partial charge in [-0.3, -0.25) is 4.79 Å². The Labute approximate surface area is 113 Å². The summed E-state index contributed by atoms with van der Waals surface area (Å²) in [6.45, 7) is 4.28. The minimum atomic E-state index is 0.244. The monoisotopic (exact) mass is 296 g/mol. The number of hydrogen-bond acceptors (Lipinski definition) is 1. The van der Waals surface area contributed by atoms with Crippen LogP contribution in [0.4, 0.5) is 0 Å². The number of halogens is 1. The van der Waals surface area contributed by atoms with Gasteiger partial charge < -0.3 is 0 Å². The van der Waals surface area contributed by atoms with Gasteiger partial charge in [0.05, 0.1) is 0 Å². The van der Waals surface area contributed by atoms with Gasteiger partial charge in [-0.15, -0.1) is 0 Å². The molecule has 1 aromatic rings. The summed E-state index contributed by atoms with van der Waals surface area (Å²) in [5, 5.41) is 0. The van der Waals surface area contributed by atoms with Crippen molar-refractivity contribution in [3.8, 4) is 0 Å². The average molecular weight is 297 g/mol. The van der Waals surface area contributed by atoms with Crippen LogP contribution in [0.5, 0.6) is 0 Å². The fraction of sp³-hybridized carbons (Fsp3) is 0.533. The highest BCUT2D eigenvalue weighted by molar-refractivity contribution is 9.10. The number of unbranched alkanes of at least 4 members (excludes halogenated alkanes) is 1. The summed E-state index contributed by atoms with van der Waals surface area (Å²) in [7, 11) is 0. The van der Waals surface area contributed by atoms with Crippen LogP contribution < -0.4 is 0 Å². The standard InChI is InChI=1S/C15H21BrO/c1-3-5-8-13(4-2)15(17)11-12-7-6-9-14(16)10-12/h6-7,9-10,13H,3-5,8,11H2,1-2H3. The van der Waals surface area contributed by atoms with E-state index in [1.165, 1.54) is 6.42 Å². The van der Waals surface area contributed by atoms with Crippen LogP contribution in [0.25, 0.3) is 0 Å². The zero-order chi connectivity index (χ0) is 12.7. The summed E-state index contributed by atoms with van der Waals surface area (Å²) in [6, 6.07) is 8.03. The van der Waals surface area contributed by atoms with Crippen molar-refractivity contribution >= 4 is 21.7 Å². The van der Waals surface area contributed by atoms with E-state index in [1.807, 2.05) is 24.3 Å². The summed E-state index contributed by atoms with van der Waals surface area (Å²) < 4.78 is 1.05. The Bertz CT molecular complexity index is 360. The fourth-order valence-corrected chi connectivity index (χ4v) is 2.48. The summed E-state index contributed by atoms with van der Waals surface area (Å²) in [4.78, 5) is 12.1. The van der Waals surface area contributed by atoms with E-state index < -0.39 is 0 Å². The van der Waals surface area contributed by atoms with Crippen molar-refractivity contribution in [2.24, 2.45) is 5.92 Å². The first-order valence-electron chi connectivity index (χ1n) is 6.44. The quantitative estimate of drug-likeness (QED) is 0.708. The molecule has 1 unspecified atom stereocenters. The van der Waals surface area contributed by atoms with Crippen LogP contribution in [-0.2, 0) is 11.2 Å². The maximum atomic E-state index is 12.1. The topological polar surface area (TPSA) is 17.1 Å². The predicted molar refractivity (Wildman–Crippen MR) is 76.2 cm³/mol. The zero-order valence-electron chi connectivity index (χ0n) is 10.7. The number of hydrogen-bond donors (Lipinski definition) is 0. The second kappa shape index (κ2) is 7.65. The van der Waals surface area contributed by atoms with E-state index in [-0.39, 0.29) is 5.92 Å². The third-order valence-electron chi connectivity index (χ3n) is 3.12. The number of rotatable bonds is 7. The van der Waals surface area contributed by atoms with Crippen molar-refractivity contribution in [2.75, 3.05) is 0 Å². The molecule has 1 rings (SSSR count). The number of carbonyl (C=O) groups excluding carboxylic acids is 1. The van der Waals surface area contributed by atoms with Crippen molar-refractivity contribution in [3.05, 3.63) is 34.3 Å². The highest BCUT2D eigenvalue weighted by Gasteiger charge is 2.15. The van der Waals surface area contributed by atoms with Crippen molar-refractivity contribution in [1.29, 1.82) is 0 Å². The normalized spacial score (nSPS) is 12.4. The van der Waals surface area contributed by atoms with Gasteiger partial charge in [-0.1, -0.05) is 54.8 Å². The number of Topliss-reactive ketones (excluding diaryl/α,β-unsaturated/α-hetero) is 1. The highest BCUT2D eigenvalue weighted by Crippen LogP contribution is 2.18. The second-order valence-electron chi connectivity index (χ2n) is 4.52. The van der Waals surface area contributed by atoms with Gasteiger partial charge in [0.15, 0.2) is 0 Å². The summed E-state index contributed by atoms with van der Waals surface area (Å²) in [5.74, 6) is 0.632. The molecule has 1 aromatic carbocycles. The molecule has 94 valence electrons. The molecule has 1 atom stereocenters. The van der Waals surface area contributed by atoms with E-state index in [0.29, 0.717) is 12.2 Å². The van der Waals surface area contributed by atoms with Crippen LogP contribution >= 0.6 is 15.9 Å². The second-order valence-corrected chi connectivity index (χ2v) is 5.44. The van der Waals surface area contributed by atoms with Crippen LogP contribution in [0, 0.1) is 5.92 Å². The third-order valence-corrected chi connectivity index (χ3v) is 3.61. The molecule has 0 spiro atoms. The van der Waals surface area contributed by atoms with Crippen LogP contribution in [0.2, 0.25) is 0 Å². The molecule has 0 radical (unpaired) electrons. The van der Waals surface area contributed by atoms with Gasteiger partial charge in [-0.2, -0.15) is 0 Å². The number of benzene rings is 1. The first kappa shape index (κ1) is 14.4. The highest BCUT2D eigenvalue weighted by atomic mass is 79.9. The lowest BCUT2D eigenvalue weighted by Crippen LogP contribution is -2.16. The van der Waals surface area contributed by atoms with Crippen LogP contribution in [0.1, 0.15) is 45.1 Å². The van der Waals surface area contributed by atoms with Crippen molar-refractivity contribution in [1.82, 2.24) is 0 Å². The van der Waals surface area contributed by atoms with Crippen LogP contribution in [0.15, 0.2) is 28.7 Å². The van der Waals surface area contributed by atoms with E-state index >= 15 is 0 Å². The van der Waals surface area contributed by atoms with Crippen molar-refractivity contribution in [2.45, 2.75) is 46.0 Å². The van der Waals surface area contributed by atoms with Crippen molar-refractivity contribution < 1.29 is 4.79 Å². The Morgan fingerprint density at radius 1 is 1.35 bits per heavy atom. The Morgan fingerprint density at radius 3 is 2.71 bits per heavy atom. The van der Waals surface area contributed by atoms with Gasteiger partial charge in [0.2, 0.25) is 0 Å². The van der Waals surface area contributed by atoms with Gasteiger partial charge in [0.25, 0.3) is 0 Å². The Kier molecular flexibility index (Phi) is 6.49. The van der Waals surface area contributed by atoms with Crippen LogP contribution in [0.3, 0.4) is 0 Å². The Balaban J connectivity index is 2.57. The maximum Gasteiger partial charge on any atom is 0.140 e. The first-order chi connectivity index (χ1) is 8.17. The zero-order valence-corrected chi connectivity index (χ0v) is 12.3. The molecule has 0 heterocycles. The smallest absolute Gasteiger partial charge is 0.140 e. The average Bonchev–Trinajstić information content (AvgIpc) is 2.30. The Morgan fingerprint density at radius 2 is 2.12 bits per heavy atom. The molecule has 0 saturated carbocycles. The molecule has 0 bridgehead atoms. The minimum Gasteiger partial charge on any atom is -0.299 e. The van der Waals surface area contributed by atoms with Gasteiger partial charge in [0, 0.05) is 16.8 Å². The van der Waals surface area contributed by atoms with E-state index in [2.05, 4.69) is 29.8 Å². The van der Waals surface area contributed by atoms with Crippen molar-refractivity contribution in [3.63, 3.8) is 0 Å². The molecule has 17 heavy (non-hydrogen) atoms. The number of carbonyl (C=O) groups is 1. The molecule has 0 aliphatic rings. The molecule has 2 heteroatoms. The number of ketones is 1. The lowest BCUT2D eigenvalue weighted by Gasteiger charge is -2.13. The summed E-state index contributed by atoms with van der Waals surface area (Å²) >= 11 is 3.44. The summed E-state index contributed by atoms with van der Waals surface area (Å²) in [6.07, 6.45) is 4.90. The molecule has 0 aromatic heterocycles. The van der Waals surface area contributed by atoms with Gasteiger partial charge in [-0.05, 0) is 30.5 Å². The molecule has 0 N–H and O–H groups in total. The molecular weight excluding hydrogens is 276 g/mol. The predicted octanol–water partition coefficient (Wildman–Crippen LogP) is 4.78. The molecule has 0 aliphatic heterocycles. The molecule has 0 saturated heterocycles. The first-order valence-corrected chi connectivity index (χ1v) is 7.23. The molecule has 0 fully saturated rings. The molecular formula is C15H21BrO. The lowest BCUT2D eigenvalue weighted by atomic mass is 9.91. The SMILES string of the molecule is CCCCC(CC)C(=O)Cc1cccc(Br)c1. The van der Waals surface area contributed by atoms with E-state index in [1.54, 1.807) is 0 Å². The lowest BCUT2D eigenvalue weighted by molar-refractivity contribution is -0.122. The van der Waals surface area contributed by atoms with Gasteiger partial charge in [-0.25, -0.2) is 0 Å². The maximum absolute atomic E-state index is 12.1.